The second-order valence-corrected chi connectivity index (χ2v) is 19.4. The van der Waals surface area contributed by atoms with Crippen LogP contribution in [-0.2, 0) is 45.8 Å². The molecule has 2 saturated carbocycles. The van der Waals surface area contributed by atoms with Gasteiger partial charge in [0.05, 0.1) is 33.0 Å². The van der Waals surface area contributed by atoms with E-state index in [1.54, 1.807) is 7.11 Å². The van der Waals surface area contributed by atoms with Crippen LogP contribution in [0.3, 0.4) is 0 Å². The summed E-state index contributed by atoms with van der Waals surface area (Å²) >= 11 is 0. The van der Waals surface area contributed by atoms with Crippen molar-refractivity contribution in [1.29, 1.82) is 0 Å². The van der Waals surface area contributed by atoms with Crippen LogP contribution < -0.4 is 9.64 Å². The van der Waals surface area contributed by atoms with E-state index < -0.39 is 57.5 Å². The van der Waals surface area contributed by atoms with Crippen molar-refractivity contribution in [2.75, 3.05) is 66.0 Å². The summed E-state index contributed by atoms with van der Waals surface area (Å²) in [5.41, 5.74) is -1.12. The van der Waals surface area contributed by atoms with Crippen LogP contribution in [-0.4, -0.2) is 133 Å². The van der Waals surface area contributed by atoms with Gasteiger partial charge < -0.3 is 39.0 Å². The number of carbonyl (C=O) groups is 3. The Morgan fingerprint density at radius 1 is 0.933 bits per heavy atom. The van der Waals surface area contributed by atoms with Crippen LogP contribution >= 0.6 is 0 Å². The van der Waals surface area contributed by atoms with Crippen LogP contribution in [0.5, 0.6) is 5.75 Å². The highest BCUT2D eigenvalue weighted by Crippen LogP contribution is 2.74. The van der Waals surface area contributed by atoms with E-state index in [-0.39, 0.29) is 17.9 Å². The van der Waals surface area contributed by atoms with Gasteiger partial charge in [-0.15, -0.1) is 0 Å². The number of H-pyrrole nitrogens is 1. The first kappa shape index (κ1) is 39.9. The predicted octanol–water partition coefficient (Wildman–Crippen LogP) is 4.07. The van der Waals surface area contributed by atoms with Crippen molar-refractivity contribution < 1.29 is 43.5 Å². The fraction of sp³-hybridized carbons (Fsp3) is 0.638. The van der Waals surface area contributed by atoms with Gasteiger partial charge in [-0.1, -0.05) is 32.0 Å². The van der Waals surface area contributed by atoms with E-state index in [1.807, 2.05) is 43.1 Å². The predicted molar refractivity (Wildman–Crippen MR) is 223 cm³/mol. The first-order valence-electron chi connectivity index (χ1n) is 22.0. The highest BCUT2D eigenvalue weighted by atomic mass is 16.6. The van der Waals surface area contributed by atoms with E-state index in [4.69, 9.17) is 18.9 Å². The summed E-state index contributed by atoms with van der Waals surface area (Å²) in [5.74, 6) is -0.929. The number of fused-ring (bicyclic) bond motifs is 8. The van der Waals surface area contributed by atoms with Crippen molar-refractivity contribution in [3.05, 3.63) is 58.8 Å². The zero-order chi connectivity index (χ0) is 42.3. The summed E-state index contributed by atoms with van der Waals surface area (Å²) in [7, 11) is 6.25. The number of para-hydroxylation sites is 1. The number of ether oxygens (including phenoxy) is 4. The summed E-state index contributed by atoms with van der Waals surface area (Å²) in [4.78, 5) is 53.7. The van der Waals surface area contributed by atoms with Gasteiger partial charge in [-0.25, -0.2) is 4.79 Å². The van der Waals surface area contributed by atoms with E-state index in [2.05, 4.69) is 33.8 Å². The SMILES string of the molecule is CC[C@]1(O)C[C@@H]2CN(CCc3c([nH]c4ccccc34)[C@@](C(=O)OC)(c3cc4c(cc3OC)N(C)[C@H]3C(O)(C(=O)OC)[C@H](OC(C)=O)[C@]5(CC)[C@@H]6C[C@@H]6CN6CC[C@]43[C@@H]65)C2)C1. The number of anilines is 1. The lowest BCUT2D eigenvalue weighted by atomic mass is 9.46. The molecule has 12 atom stereocenters. The molecular formula is C47H60N4O9. The molecule has 5 fully saturated rings. The second-order valence-electron chi connectivity index (χ2n) is 19.4. The molecule has 13 nitrogen and oxygen atoms in total. The topological polar surface area (TPSA) is 154 Å². The maximum atomic E-state index is 15.4. The normalized spacial score (nSPS) is 39.8. The number of benzene rings is 2. The number of likely N-dealkylation sites (N-methyl/N-ethyl adjacent to an activating group) is 1. The molecule has 0 amide bonds. The molecule has 7 aliphatic rings. The fourth-order valence-electron chi connectivity index (χ4n) is 14.9. The van der Waals surface area contributed by atoms with Crippen LogP contribution in [0.1, 0.15) is 81.7 Å². The quantitative estimate of drug-likeness (QED) is 0.233. The molecule has 1 spiro atoms. The molecule has 2 unspecified atom stereocenters. The summed E-state index contributed by atoms with van der Waals surface area (Å²) < 4.78 is 24.2. The lowest BCUT2D eigenvalue weighted by Gasteiger charge is -2.65. The molecule has 3 aromatic rings. The van der Waals surface area contributed by atoms with Gasteiger partial charge in [0.2, 0.25) is 5.60 Å². The van der Waals surface area contributed by atoms with Gasteiger partial charge >= 0.3 is 17.9 Å². The number of aromatic nitrogens is 1. The Balaban J connectivity index is 1.28. The Morgan fingerprint density at radius 2 is 1.70 bits per heavy atom. The summed E-state index contributed by atoms with van der Waals surface area (Å²) in [6, 6.07) is 11.2. The molecule has 0 radical (unpaired) electrons. The number of piperidine rings is 2. The molecule has 6 heterocycles. The smallest absolute Gasteiger partial charge is 0.344 e. The molecule has 3 saturated heterocycles. The Hall–Kier alpha value is -4.17. The van der Waals surface area contributed by atoms with Crippen LogP contribution in [0, 0.1) is 23.2 Å². The number of esters is 3. The number of hydrogen-bond acceptors (Lipinski definition) is 12. The third-order valence-electron chi connectivity index (χ3n) is 16.9. The van der Waals surface area contributed by atoms with Crippen LogP contribution in [0.25, 0.3) is 10.9 Å². The van der Waals surface area contributed by atoms with Crippen LogP contribution in [0.4, 0.5) is 5.69 Å². The number of aromatic amines is 1. The lowest BCUT2D eigenvalue weighted by molar-refractivity contribution is -0.245. The van der Waals surface area contributed by atoms with Gasteiger partial charge in [0.1, 0.15) is 11.2 Å². The Labute approximate surface area is 351 Å². The van der Waals surface area contributed by atoms with E-state index >= 15 is 4.79 Å². The minimum absolute atomic E-state index is 0.0878. The molecule has 10 rings (SSSR count). The maximum Gasteiger partial charge on any atom is 0.344 e. The molecule has 1 aromatic heterocycles. The molecular weight excluding hydrogens is 765 g/mol. The van der Waals surface area contributed by atoms with E-state index in [0.717, 1.165) is 59.5 Å². The first-order chi connectivity index (χ1) is 28.7. The Bertz CT molecular complexity index is 2300. The molecule has 2 aromatic carbocycles. The third-order valence-corrected chi connectivity index (χ3v) is 16.9. The van der Waals surface area contributed by atoms with Gasteiger partial charge in [0.15, 0.2) is 6.10 Å². The van der Waals surface area contributed by atoms with Crippen molar-refractivity contribution in [2.24, 2.45) is 23.2 Å². The number of carbonyl (C=O) groups excluding carboxylic acids is 3. The minimum atomic E-state index is -2.24. The van der Waals surface area contributed by atoms with Gasteiger partial charge in [-0.2, -0.15) is 0 Å². The molecule has 13 heteroatoms. The van der Waals surface area contributed by atoms with Crippen molar-refractivity contribution in [3.63, 3.8) is 0 Å². The van der Waals surface area contributed by atoms with E-state index in [1.165, 1.54) is 21.1 Å². The number of rotatable bonds is 7. The first-order valence-corrected chi connectivity index (χ1v) is 22.0. The fourth-order valence-corrected chi connectivity index (χ4v) is 14.9. The van der Waals surface area contributed by atoms with Gasteiger partial charge in [0, 0.05) is 90.9 Å². The molecule has 3 N–H and O–H groups in total. The number of hydrogen-bond donors (Lipinski definition) is 3. The molecule has 2 aliphatic carbocycles. The number of nitrogens with zero attached hydrogens (tertiary/aromatic N) is 3. The highest BCUT2D eigenvalue weighted by Gasteiger charge is 2.84. The lowest BCUT2D eigenvalue weighted by Crippen LogP contribution is -2.82. The van der Waals surface area contributed by atoms with Crippen molar-refractivity contribution in [3.8, 4) is 5.75 Å². The zero-order valence-corrected chi connectivity index (χ0v) is 36.0. The van der Waals surface area contributed by atoms with E-state index in [0.29, 0.717) is 68.8 Å². The number of methoxy groups -OCH3 is 3. The standard InChI is InChI=1S/C47H60N4O9/c1-8-43(55)21-27-22-46(41(53)58-6,37-30(14-16-50(23-27)25-43)29-12-10-11-13-34(29)48-37)33-19-32-35(20-36(33)57-5)49(4)39-45(32)15-17-51-24-28-18-31(28)44(9-2,38(45)51)40(60-26(3)52)47(39,56)42(54)59-7/h10-13,19-20,27-28,31,38-40,48,55-56H,8-9,14-18,21-25H2,1-7H3/t27-,28+,31+,38-,39+,40+,43-,44+,45+,46-,47?/m0/s1. The average molecular weight is 825 g/mol. The Morgan fingerprint density at radius 3 is 2.40 bits per heavy atom. The van der Waals surface area contributed by atoms with Gasteiger partial charge in [0.25, 0.3) is 0 Å². The number of nitrogens with one attached hydrogen (secondary N) is 1. The monoisotopic (exact) mass is 824 g/mol. The summed E-state index contributed by atoms with van der Waals surface area (Å²) in [6.07, 6.45) is 3.08. The zero-order valence-electron chi connectivity index (χ0n) is 36.0. The van der Waals surface area contributed by atoms with Gasteiger partial charge in [-0.05, 0) is 92.5 Å². The Kier molecular flexibility index (Phi) is 8.93. The largest absolute Gasteiger partial charge is 0.496 e. The van der Waals surface area contributed by atoms with Crippen LogP contribution in [0.15, 0.2) is 36.4 Å². The average Bonchev–Trinajstić information content (AvgIpc) is 3.69. The van der Waals surface area contributed by atoms with Crippen molar-refractivity contribution in [1.82, 2.24) is 14.8 Å². The molecule has 2 bridgehead atoms. The molecule has 5 aliphatic heterocycles. The number of aliphatic hydroxyl groups is 2. The van der Waals surface area contributed by atoms with E-state index in [9.17, 15) is 19.8 Å². The van der Waals surface area contributed by atoms with Crippen LogP contribution in [0.2, 0.25) is 0 Å². The third kappa shape index (κ3) is 4.92. The molecule has 60 heavy (non-hydrogen) atoms. The second kappa shape index (κ2) is 13.4. The minimum Gasteiger partial charge on any atom is -0.496 e. The molecule has 322 valence electrons. The summed E-state index contributed by atoms with van der Waals surface area (Å²) in [6.45, 7) is 9.10. The maximum absolute atomic E-state index is 15.4. The van der Waals surface area contributed by atoms with Crippen molar-refractivity contribution >= 4 is 34.5 Å². The highest BCUT2D eigenvalue weighted by molar-refractivity contribution is 5.95. The summed E-state index contributed by atoms with van der Waals surface area (Å²) in [5, 5.41) is 26.5. The van der Waals surface area contributed by atoms with Crippen molar-refractivity contribution in [2.45, 2.75) is 106 Å². The van der Waals surface area contributed by atoms with Gasteiger partial charge in [-0.3, -0.25) is 19.4 Å².